The van der Waals surface area contributed by atoms with Gasteiger partial charge in [0.05, 0.1) is 26.4 Å². The minimum Gasteiger partial charge on any atom is -0.462 e. The molecule has 582 valence electrons. The zero-order valence-electron chi connectivity index (χ0n) is 64.3. The molecule has 0 rings (SSSR count). The van der Waals surface area contributed by atoms with Crippen LogP contribution in [0.2, 0.25) is 0 Å². The summed E-state index contributed by atoms with van der Waals surface area (Å²) in [6.45, 7) is 11.8. The Morgan fingerprint density at radius 1 is 0.296 bits per heavy atom. The minimum atomic E-state index is -4.96. The van der Waals surface area contributed by atoms with E-state index < -0.39 is 97.5 Å². The van der Waals surface area contributed by atoms with Gasteiger partial charge in [0.15, 0.2) is 12.2 Å². The van der Waals surface area contributed by atoms with E-state index in [-0.39, 0.29) is 25.7 Å². The van der Waals surface area contributed by atoms with E-state index in [2.05, 4.69) is 48.5 Å². The molecule has 0 saturated carbocycles. The number of phosphoric ester groups is 2. The quantitative estimate of drug-likeness (QED) is 0.0222. The summed E-state index contributed by atoms with van der Waals surface area (Å²) in [7, 11) is -9.91. The van der Waals surface area contributed by atoms with Crippen LogP contribution in [0.3, 0.4) is 0 Å². The largest absolute Gasteiger partial charge is 0.472 e. The van der Waals surface area contributed by atoms with E-state index in [1.165, 1.54) is 212 Å². The van der Waals surface area contributed by atoms with E-state index in [1.54, 1.807) is 0 Å². The van der Waals surface area contributed by atoms with Gasteiger partial charge in [0.2, 0.25) is 0 Å². The third kappa shape index (κ3) is 71.1. The van der Waals surface area contributed by atoms with Crippen molar-refractivity contribution in [3.63, 3.8) is 0 Å². The molecular formula is C79H154O17P2. The van der Waals surface area contributed by atoms with Crippen molar-refractivity contribution in [1.29, 1.82) is 0 Å². The highest BCUT2D eigenvalue weighted by molar-refractivity contribution is 7.47. The lowest BCUT2D eigenvalue weighted by molar-refractivity contribution is -0.161. The van der Waals surface area contributed by atoms with E-state index >= 15 is 0 Å². The first kappa shape index (κ1) is 96.1. The second-order valence-electron chi connectivity index (χ2n) is 29.6. The fourth-order valence-corrected chi connectivity index (χ4v) is 13.7. The standard InChI is InChI=1S/C79H154O17P2/c1-8-10-11-12-13-14-15-16-17-18-19-20-21-22-27-30-33-39-48-55-62-78(83)95-74(66-89-76(81)60-53-46-38-32-29-26-24-23-25-28-31-37-45-52-59-72(7)9-2)68-93-97(85,86)91-64-73(80)65-92-98(87,88)94-69-75(67-90-77(82)61-54-47-42-41-44-51-58-71(5)6)96-79(84)63-56-49-40-35-34-36-43-50-57-70(3)4/h70-75,80H,8-69H2,1-7H3,(H,85,86)(H,87,88)/t72?,73-,74-,75-/m1/s1. The molecule has 0 heterocycles. The lowest BCUT2D eigenvalue weighted by Gasteiger charge is -2.21. The summed E-state index contributed by atoms with van der Waals surface area (Å²) in [5, 5.41) is 10.6. The number of aliphatic hydroxyl groups is 1. The first-order valence-corrected chi connectivity index (χ1v) is 43.9. The number of hydrogen-bond acceptors (Lipinski definition) is 15. The van der Waals surface area contributed by atoms with Crippen molar-refractivity contribution >= 4 is 39.5 Å². The molecule has 0 aromatic heterocycles. The molecule has 0 radical (unpaired) electrons. The molecule has 0 aliphatic carbocycles. The molecule has 0 spiro atoms. The fraction of sp³-hybridized carbons (Fsp3) is 0.949. The number of carbonyl (C=O) groups excluding carboxylic acids is 4. The summed E-state index contributed by atoms with van der Waals surface area (Å²) >= 11 is 0. The van der Waals surface area contributed by atoms with E-state index in [0.717, 1.165) is 108 Å². The van der Waals surface area contributed by atoms with Gasteiger partial charge in [0.25, 0.3) is 0 Å². The fourth-order valence-electron chi connectivity index (χ4n) is 12.1. The van der Waals surface area contributed by atoms with Crippen LogP contribution in [0, 0.1) is 17.8 Å². The Morgan fingerprint density at radius 3 is 0.776 bits per heavy atom. The first-order chi connectivity index (χ1) is 47.3. The Bertz CT molecular complexity index is 1910. The van der Waals surface area contributed by atoms with Gasteiger partial charge in [-0.2, -0.15) is 0 Å². The van der Waals surface area contributed by atoms with Gasteiger partial charge < -0.3 is 33.8 Å². The van der Waals surface area contributed by atoms with E-state index in [9.17, 15) is 43.2 Å². The van der Waals surface area contributed by atoms with Crippen LogP contribution < -0.4 is 0 Å². The number of carbonyl (C=O) groups is 4. The van der Waals surface area contributed by atoms with Crippen LogP contribution in [0.5, 0.6) is 0 Å². The average molecular weight is 1440 g/mol. The Hall–Kier alpha value is -1.94. The zero-order chi connectivity index (χ0) is 72.3. The first-order valence-electron chi connectivity index (χ1n) is 40.9. The number of unbranched alkanes of at least 4 members (excludes halogenated alkanes) is 44. The van der Waals surface area contributed by atoms with Crippen LogP contribution in [-0.2, 0) is 65.4 Å². The molecule has 0 aliphatic heterocycles. The van der Waals surface area contributed by atoms with Crippen molar-refractivity contribution in [2.24, 2.45) is 17.8 Å². The molecule has 0 saturated heterocycles. The van der Waals surface area contributed by atoms with Gasteiger partial charge in [-0.1, -0.05) is 357 Å². The third-order valence-corrected chi connectivity index (χ3v) is 20.6. The van der Waals surface area contributed by atoms with Crippen LogP contribution in [-0.4, -0.2) is 96.7 Å². The van der Waals surface area contributed by atoms with E-state index in [4.69, 9.17) is 37.0 Å². The van der Waals surface area contributed by atoms with Crippen molar-refractivity contribution in [1.82, 2.24) is 0 Å². The Kier molecular flexibility index (Phi) is 68.1. The van der Waals surface area contributed by atoms with Crippen molar-refractivity contribution in [3.8, 4) is 0 Å². The Labute approximate surface area is 600 Å². The molecule has 17 nitrogen and oxygen atoms in total. The monoisotopic (exact) mass is 1440 g/mol. The molecule has 0 fully saturated rings. The molecule has 0 aromatic rings. The van der Waals surface area contributed by atoms with Crippen molar-refractivity contribution in [2.75, 3.05) is 39.6 Å². The summed E-state index contributed by atoms with van der Waals surface area (Å²) in [5.74, 6) is 0.129. The molecule has 3 N–H and O–H groups in total. The smallest absolute Gasteiger partial charge is 0.462 e. The summed E-state index contributed by atoms with van der Waals surface area (Å²) in [5.41, 5.74) is 0. The average Bonchev–Trinajstić information content (AvgIpc) is 1.06. The van der Waals surface area contributed by atoms with Gasteiger partial charge in [-0.3, -0.25) is 37.3 Å². The molecular weight excluding hydrogens is 1280 g/mol. The molecule has 19 heteroatoms. The Balaban J connectivity index is 5.21. The predicted octanol–water partition coefficient (Wildman–Crippen LogP) is 23.4. The third-order valence-electron chi connectivity index (χ3n) is 18.7. The van der Waals surface area contributed by atoms with Gasteiger partial charge in [-0.25, -0.2) is 9.13 Å². The van der Waals surface area contributed by atoms with E-state index in [0.29, 0.717) is 31.6 Å². The molecule has 98 heavy (non-hydrogen) atoms. The van der Waals surface area contributed by atoms with Crippen LogP contribution >= 0.6 is 15.6 Å². The van der Waals surface area contributed by atoms with Crippen molar-refractivity contribution in [3.05, 3.63) is 0 Å². The topological polar surface area (TPSA) is 237 Å². The zero-order valence-corrected chi connectivity index (χ0v) is 66.0. The van der Waals surface area contributed by atoms with Crippen LogP contribution in [0.25, 0.3) is 0 Å². The summed E-state index contributed by atoms with van der Waals surface area (Å²) in [4.78, 5) is 72.8. The molecule has 0 amide bonds. The van der Waals surface area contributed by atoms with Crippen LogP contribution in [0.4, 0.5) is 0 Å². The molecule has 6 atom stereocenters. The summed E-state index contributed by atoms with van der Waals surface area (Å²) in [6.07, 6.45) is 57.2. The number of hydrogen-bond donors (Lipinski definition) is 3. The van der Waals surface area contributed by atoms with Crippen molar-refractivity contribution < 1.29 is 80.2 Å². The highest BCUT2D eigenvalue weighted by Crippen LogP contribution is 2.45. The molecule has 3 unspecified atom stereocenters. The van der Waals surface area contributed by atoms with Gasteiger partial charge in [0.1, 0.15) is 19.3 Å². The van der Waals surface area contributed by atoms with E-state index in [1.807, 2.05) is 0 Å². The molecule has 0 aliphatic rings. The highest BCUT2D eigenvalue weighted by Gasteiger charge is 2.30. The molecule has 0 aromatic carbocycles. The lowest BCUT2D eigenvalue weighted by Crippen LogP contribution is -2.30. The Morgan fingerprint density at radius 2 is 0.520 bits per heavy atom. The van der Waals surface area contributed by atoms with Crippen molar-refractivity contribution in [2.45, 2.75) is 426 Å². The second kappa shape index (κ2) is 69.4. The number of esters is 4. The normalized spacial score (nSPS) is 14.3. The highest BCUT2D eigenvalue weighted by atomic mass is 31.2. The maximum Gasteiger partial charge on any atom is 0.472 e. The number of phosphoric acid groups is 2. The van der Waals surface area contributed by atoms with Gasteiger partial charge in [-0.05, 0) is 43.4 Å². The van der Waals surface area contributed by atoms with Crippen LogP contribution in [0.1, 0.15) is 408 Å². The van der Waals surface area contributed by atoms with Gasteiger partial charge >= 0.3 is 39.5 Å². The van der Waals surface area contributed by atoms with Crippen LogP contribution in [0.15, 0.2) is 0 Å². The van der Waals surface area contributed by atoms with Gasteiger partial charge in [-0.15, -0.1) is 0 Å². The summed E-state index contributed by atoms with van der Waals surface area (Å²) in [6, 6.07) is 0. The maximum absolute atomic E-state index is 13.1. The van der Waals surface area contributed by atoms with Gasteiger partial charge in [0, 0.05) is 25.7 Å². The number of ether oxygens (including phenoxy) is 4. The SMILES string of the molecule is CCCCCCCCCCCCCCCCCCCCCCC(=O)O[C@H](COC(=O)CCCCCCCCCCCCCCCCC(C)CC)COP(=O)(O)OC[C@@H](O)COP(=O)(O)OC[C@@H](COC(=O)CCCCCCCCC(C)C)OC(=O)CCCCCCCCCCC(C)C. The maximum atomic E-state index is 13.1. The predicted molar refractivity (Wildman–Crippen MR) is 400 cm³/mol. The lowest BCUT2D eigenvalue weighted by atomic mass is 9.99. The number of rotatable bonds is 77. The minimum absolute atomic E-state index is 0.103. The number of aliphatic hydroxyl groups excluding tert-OH is 1. The second-order valence-corrected chi connectivity index (χ2v) is 32.6. The molecule has 0 bridgehead atoms. The summed E-state index contributed by atoms with van der Waals surface area (Å²) < 4.78 is 68.6.